The van der Waals surface area contributed by atoms with Crippen LogP contribution in [0.25, 0.3) is 0 Å². The summed E-state index contributed by atoms with van der Waals surface area (Å²) in [6, 6.07) is 2.35. The highest BCUT2D eigenvalue weighted by molar-refractivity contribution is 6.31. The summed E-state index contributed by atoms with van der Waals surface area (Å²) in [5.74, 6) is -9.87. The molecule has 1 aliphatic heterocycles. The third-order valence-electron chi connectivity index (χ3n) is 4.33. The number of halogens is 4. The van der Waals surface area contributed by atoms with Crippen molar-refractivity contribution in [3.8, 4) is 5.75 Å². The van der Waals surface area contributed by atoms with Crippen molar-refractivity contribution < 1.29 is 51.3 Å². The van der Waals surface area contributed by atoms with Crippen molar-refractivity contribution in [2.75, 3.05) is 0 Å². The number of aliphatic hydroxyl groups is 1. The van der Waals surface area contributed by atoms with Crippen LogP contribution in [0.5, 0.6) is 5.75 Å². The first-order valence-corrected chi connectivity index (χ1v) is 7.43. The van der Waals surface area contributed by atoms with Crippen LogP contribution in [-0.2, 0) is 29.4 Å². The van der Waals surface area contributed by atoms with Gasteiger partial charge >= 0.3 is 18.3 Å². The Balaban J connectivity index is 2.19. The smallest absolute Gasteiger partial charge is 0.411 e. The molecule has 0 amide bonds. The van der Waals surface area contributed by atoms with E-state index in [-0.39, 0.29) is 6.42 Å². The minimum atomic E-state index is -5.25. The summed E-state index contributed by atoms with van der Waals surface area (Å²) in [5.41, 5.74) is 2.26. The number of esters is 2. The standard InChI is InChI=1S/C15H11F4NO7/c16-9-6(2-1-3-8(9)25-15(17,18)19)14(20)10(22)7(21)4-5-13(14)26-11(23)12(24)27-13/h1-3,7,21H,4-5,20H2. The van der Waals surface area contributed by atoms with Crippen molar-refractivity contribution in [1.82, 2.24) is 0 Å². The van der Waals surface area contributed by atoms with E-state index < -0.39 is 65.1 Å². The number of Topliss-reactive ketones (excluding diaryl/α,β-unsaturated/α-hetero) is 1. The van der Waals surface area contributed by atoms with E-state index in [1.54, 1.807) is 0 Å². The number of nitrogens with two attached hydrogens (primary N) is 1. The van der Waals surface area contributed by atoms with Gasteiger partial charge in [0.15, 0.2) is 22.9 Å². The molecule has 1 aromatic carbocycles. The van der Waals surface area contributed by atoms with Crippen molar-refractivity contribution in [1.29, 1.82) is 0 Å². The first-order valence-electron chi connectivity index (χ1n) is 7.43. The van der Waals surface area contributed by atoms with Crippen LogP contribution in [0.4, 0.5) is 17.6 Å². The van der Waals surface area contributed by atoms with Gasteiger partial charge in [-0.2, -0.15) is 0 Å². The molecule has 2 unspecified atom stereocenters. The average Bonchev–Trinajstić information content (AvgIpc) is 2.86. The third-order valence-corrected chi connectivity index (χ3v) is 4.33. The molecule has 2 aliphatic rings. The van der Waals surface area contributed by atoms with Crippen LogP contribution in [0.15, 0.2) is 18.2 Å². The van der Waals surface area contributed by atoms with Gasteiger partial charge in [0.2, 0.25) is 0 Å². The second-order valence-corrected chi connectivity index (χ2v) is 5.92. The van der Waals surface area contributed by atoms with Crippen molar-refractivity contribution in [3.63, 3.8) is 0 Å². The minimum absolute atomic E-state index is 0.349. The molecule has 1 saturated heterocycles. The number of carbonyl (C=O) groups is 3. The third kappa shape index (κ3) is 2.80. The van der Waals surface area contributed by atoms with E-state index in [4.69, 9.17) is 15.2 Å². The zero-order chi connectivity index (χ0) is 20.2. The molecule has 27 heavy (non-hydrogen) atoms. The number of hydrogen-bond donors (Lipinski definition) is 2. The van der Waals surface area contributed by atoms with Crippen molar-refractivity contribution >= 4 is 17.7 Å². The lowest BCUT2D eigenvalue weighted by molar-refractivity contribution is -0.275. The summed E-state index contributed by atoms with van der Waals surface area (Å²) in [5, 5.41) is 9.85. The van der Waals surface area contributed by atoms with E-state index in [2.05, 4.69) is 4.74 Å². The van der Waals surface area contributed by atoms with Crippen LogP contribution < -0.4 is 10.5 Å². The van der Waals surface area contributed by atoms with Gasteiger partial charge in [0.1, 0.15) is 6.10 Å². The highest BCUT2D eigenvalue weighted by Crippen LogP contribution is 2.48. The predicted molar refractivity (Wildman–Crippen MR) is 74.1 cm³/mol. The molecule has 0 aromatic heterocycles. The fourth-order valence-electron chi connectivity index (χ4n) is 3.13. The number of ketones is 1. The normalized spacial score (nSPS) is 27.5. The molecule has 1 spiro atoms. The molecule has 3 N–H and O–H groups in total. The zero-order valence-electron chi connectivity index (χ0n) is 13.2. The van der Waals surface area contributed by atoms with Crippen molar-refractivity contribution in [2.45, 2.75) is 36.6 Å². The second kappa shape index (κ2) is 5.89. The maximum Gasteiger partial charge on any atom is 0.573 e. The number of rotatable bonds is 2. The fraction of sp³-hybridized carbons (Fsp3) is 0.400. The van der Waals surface area contributed by atoms with E-state index in [0.717, 1.165) is 12.1 Å². The molecular weight excluding hydrogens is 382 g/mol. The number of carbonyl (C=O) groups excluding carboxylic acids is 3. The van der Waals surface area contributed by atoms with Gasteiger partial charge in [-0.1, -0.05) is 12.1 Å². The Morgan fingerprint density at radius 1 is 1.19 bits per heavy atom. The van der Waals surface area contributed by atoms with E-state index in [0.29, 0.717) is 6.07 Å². The fourth-order valence-corrected chi connectivity index (χ4v) is 3.13. The molecule has 1 aromatic rings. The molecular formula is C15H11F4NO7. The number of benzene rings is 1. The van der Waals surface area contributed by atoms with Gasteiger partial charge in [0.25, 0.3) is 5.79 Å². The average molecular weight is 393 g/mol. The molecule has 1 saturated carbocycles. The number of ether oxygens (including phenoxy) is 3. The highest BCUT2D eigenvalue weighted by atomic mass is 19.4. The van der Waals surface area contributed by atoms with Crippen molar-refractivity contribution in [2.24, 2.45) is 5.73 Å². The monoisotopic (exact) mass is 393 g/mol. The lowest BCUT2D eigenvalue weighted by Crippen LogP contribution is -2.69. The summed E-state index contributed by atoms with van der Waals surface area (Å²) >= 11 is 0. The Morgan fingerprint density at radius 2 is 1.78 bits per heavy atom. The highest BCUT2D eigenvalue weighted by Gasteiger charge is 2.69. The molecule has 1 aliphatic carbocycles. The summed E-state index contributed by atoms with van der Waals surface area (Å²) in [7, 11) is 0. The quantitative estimate of drug-likeness (QED) is 0.420. The second-order valence-electron chi connectivity index (χ2n) is 5.92. The Bertz CT molecular complexity index is 824. The van der Waals surface area contributed by atoms with E-state index >= 15 is 0 Å². The first kappa shape index (κ1) is 19.0. The SMILES string of the molecule is NC1(c2cccc(OC(F)(F)F)c2F)C(=O)C(O)CCC12OC(=O)C(=O)O2. The number of alkyl halides is 3. The van der Waals surface area contributed by atoms with Gasteiger partial charge in [-0.25, -0.2) is 14.0 Å². The molecule has 8 nitrogen and oxygen atoms in total. The topological polar surface area (TPSA) is 125 Å². The molecule has 2 fully saturated rings. The van der Waals surface area contributed by atoms with Gasteiger partial charge in [-0.05, 0) is 12.5 Å². The number of aliphatic hydroxyl groups excluding tert-OH is 1. The minimum Gasteiger partial charge on any atom is -0.411 e. The maximum absolute atomic E-state index is 14.7. The maximum atomic E-state index is 14.7. The summed E-state index contributed by atoms with van der Waals surface area (Å²) < 4.78 is 65.2. The lowest BCUT2D eigenvalue weighted by atomic mass is 9.70. The van der Waals surface area contributed by atoms with E-state index in [9.17, 15) is 37.1 Å². The number of hydrogen-bond acceptors (Lipinski definition) is 8. The van der Waals surface area contributed by atoms with Crippen molar-refractivity contribution in [3.05, 3.63) is 29.6 Å². The van der Waals surface area contributed by atoms with Gasteiger partial charge in [0.05, 0.1) is 0 Å². The van der Waals surface area contributed by atoms with Crippen LogP contribution in [0, 0.1) is 5.82 Å². The molecule has 12 heteroatoms. The molecule has 146 valence electrons. The van der Waals surface area contributed by atoms with Gasteiger partial charge in [-0.15, -0.1) is 13.2 Å². The Morgan fingerprint density at radius 3 is 2.33 bits per heavy atom. The zero-order valence-corrected chi connectivity index (χ0v) is 13.2. The van der Waals surface area contributed by atoms with Crippen LogP contribution in [-0.4, -0.2) is 41.1 Å². The van der Waals surface area contributed by atoms with Gasteiger partial charge in [0, 0.05) is 12.0 Å². The van der Waals surface area contributed by atoms with E-state index in [1.165, 1.54) is 0 Å². The Kier molecular flexibility index (Phi) is 4.15. The van der Waals surface area contributed by atoms with E-state index in [1.807, 2.05) is 0 Å². The Labute approximate surface area is 147 Å². The van der Waals surface area contributed by atoms with Crippen LogP contribution in [0.1, 0.15) is 18.4 Å². The van der Waals surface area contributed by atoms with Gasteiger partial charge in [-0.3, -0.25) is 4.79 Å². The van der Waals surface area contributed by atoms with Crippen LogP contribution in [0.3, 0.4) is 0 Å². The van der Waals surface area contributed by atoms with Crippen LogP contribution >= 0.6 is 0 Å². The van der Waals surface area contributed by atoms with Crippen LogP contribution in [0.2, 0.25) is 0 Å². The molecule has 2 atom stereocenters. The van der Waals surface area contributed by atoms with Gasteiger partial charge < -0.3 is 25.1 Å². The first-order chi connectivity index (χ1) is 12.4. The summed E-state index contributed by atoms with van der Waals surface area (Å²) in [6.07, 6.45) is -7.84. The largest absolute Gasteiger partial charge is 0.573 e. The lowest BCUT2D eigenvalue weighted by Gasteiger charge is -2.45. The molecule has 3 rings (SSSR count). The Hall–Kier alpha value is -2.73. The molecule has 1 heterocycles. The molecule has 0 radical (unpaired) electrons. The summed E-state index contributed by atoms with van der Waals surface area (Å²) in [4.78, 5) is 35.6. The molecule has 0 bridgehead atoms. The predicted octanol–water partition coefficient (Wildman–Crippen LogP) is 0.398. The summed E-state index contributed by atoms with van der Waals surface area (Å²) in [6.45, 7) is 0.